The van der Waals surface area contributed by atoms with Crippen molar-refractivity contribution < 1.29 is 5.11 Å². The molecule has 2 nitrogen and oxygen atoms in total. The molecule has 1 atom stereocenters. The van der Waals surface area contributed by atoms with Crippen LogP contribution in [0.4, 0.5) is 0 Å². The lowest BCUT2D eigenvalue weighted by molar-refractivity contribution is 0.0419. The molecule has 0 aromatic carbocycles. The van der Waals surface area contributed by atoms with Crippen molar-refractivity contribution in [2.45, 2.75) is 46.1 Å². The number of β-amino-alcohol motifs (C(OH)–C–C–N with tert-alkyl or cyclic N) is 1. The number of nitrogens with zero attached hydrogens (tertiary/aromatic N) is 1. The third-order valence-corrected chi connectivity index (χ3v) is 2.77. The summed E-state index contributed by atoms with van der Waals surface area (Å²) in [4.78, 5) is 2.38. The van der Waals surface area contributed by atoms with Crippen molar-refractivity contribution in [3.63, 3.8) is 0 Å². The van der Waals surface area contributed by atoms with Gasteiger partial charge in [-0.3, -0.25) is 4.90 Å². The summed E-state index contributed by atoms with van der Waals surface area (Å²) in [6.07, 6.45) is 1.83. The summed E-state index contributed by atoms with van der Waals surface area (Å²) in [6.45, 7) is 11.8. The van der Waals surface area contributed by atoms with Crippen LogP contribution in [-0.4, -0.2) is 35.2 Å². The topological polar surface area (TPSA) is 23.5 Å². The fourth-order valence-corrected chi connectivity index (χ4v) is 2.03. The predicted molar refractivity (Wildman–Crippen MR) is 55.8 cm³/mol. The SMILES string of the molecule is CCC1(O)CCN(CC(C)(C)C)C1. The van der Waals surface area contributed by atoms with E-state index in [1.807, 2.05) is 0 Å². The molecule has 0 aromatic rings. The first-order valence-corrected chi connectivity index (χ1v) is 5.29. The number of rotatable bonds is 2. The Morgan fingerprint density at radius 3 is 2.38 bits per heavy atom. The number of hydrogen-bond donors (Lipinski definition) is 1. The Balaban J connectivity index is 2.42. The highest BCUT2D eigenvalue weighted by Gasteiger charge is 2.35. The molecule has 0 saturated carbocycles. The Labute approximate surface area is 81.9 Å². The van der Waals surface area contributed by atoms with Crippen molar-refractivity contribution >= 4 is 0 Å². The summed E-state index contributed by atoms with van der Waals surface area (Å²) in [5, 5.41) is 10.0. The van der Waals surface area contributed by atoms with Crippen LogP contribution in [0.1, 0.15) is 40.5 Å². The molecule has 1 heterocycles. The molecule has 1 fully saturated rings. The molecule has 0 spiro atoms. The van der Waals surface area contributed by atoms with Crippen LogP contribution in [0.3, 0.4) is 0 Å². The summed E-state index contributed by atoms with van der Waals surface area (Å²) >= 11 is 0. The van der Waals surface area contributed by atoms with Gasteiger partial charge in [0.1, 0.15) is 0 Å². The van der Waals surface area contributed by atoms with Gasteiger partial charge in [-0.2, -0.15) is 0 Å². The highest BCUT2D eigenvalue weighted by molar-refractivity contribution is 4.89. The van der Waals surface area contributed by atoms with Gasteiger partial charge in [-0.25, -0.2) is 0 Å². The number of hydrogen-bond acceptors (Lipinski definition) is 2. The second-order valence-electron chi connectivity index (χ2n) is 5.60. The smallest absolute Gasteiger partial charge is 0.0783 e. The van der Waals surface area contributed by atoms with Gasteiger partial charge in [0.2, 0.25) is 0 Å². The quantitative estimate of drug-likeness (QED) is 0.710. The molecule has 0 aliphatic carbocycles. The third kappa shape index (κ3) is 3.28. The molecule has 13 heavy (non-hydrogen) atoms. The molecule has 78 valence electrons. The zero-order chi connectivity index (χ0) is 10.1. The zero-order valence-electron chi connectivity index (χ0n) is 9.43. The van der Waals surface area contributed by atoms with Crippen LogP contribution in [-0.2, 0) is 0 Å². The summed E-state index contributed by atoms with van der Waals surface area (Å²) < 4.78 is 0. The van der Waals surface area contributed by atoms with E-state index in [9.17, 15) is 5.11 Å². The second-order valence-corrected chi connectivity index (χ2v) is 5.60. The van der Waals surface area contributed by atoms with E-state index >= 15 is 0 Å². The van der Waals surface area contributed by atoms with Gasteiger partial charge in [0.25, 0.3) is 0 Å². The molecule has 1 unspecified atom stereocenters. The normalized spacial score (nSPS) is 31.2. The second kappa shape index (κ2) is 3.58. The molecule has 0 bridgehead atoms. The summed E-state index contributed by atoms with van der Waals surface area (Å²) in [6, 6.07) is 0. The highest BCUT2D eigenvalue weighted by Crippen LogP contribution is 2.27. The summed E-state index contributed by atoms with van der Waals surface area (Å²) in [7, 11) is 0. The Bertz CT molecular complexity index is 173. The fourth-order valence-electron chi connectivity index (χ4n) is 2.03. The maximum atomic E-state index is 10.0. The van der Waals surface area contributed by atoms with Gasteiger partial charge >= 0.3 is 0 Å². The van der Waals surface area contributed by atoms with Crippen molar-refractivity contribution in [2.24, 2.45) is 5.41 Å². The summed E-state index contributed by atoms with van der Waals surface area (Å²) in [5.74, 6) is 0. The van der Waals surface area contributed by atoms with Gasteiger partial charge in [0.05, 0.1) is 5.60 Å². The Morgan fingerprint density at radius 2 is 2.00 bits per heavy atom. The highest BCUT2D eigenvalue weighted by atomic mass is 16.3. The molecule has 0 radical (unpaired) electrons. The van der Waals surface area contributed by atoms with Gasteiger partial charge in [0.15, 0.2) is 0 Å². The average molecular weight is 185 g/mol. The maximum Gasteiger partial charge on any atom is 0.0783 e. The standard InChI is InChI=1S/C11H23NO/c1-5-11(13)6-7-12(9-11)8-10(2,3)4/h13H,5-9H2,1-4H3. The number of aliphatic hydroxyl groups is 1. The molecule has 1 aliphatic heterocycles. The minimum absolute atomic E-state index is 0.346. The molecule has 1 rings (SSSR count). The van der Waals surface area contributed by atoms with E-state index in [2.05, 4.69) is 32.6 Å². The van der Waals surface area contributed by atoms with E-state index < -0.39 is 5.60 Å². The van der Waals surface area contributed by atoms with Crippen LogP contribution in [0.5, 0.6) is 0 Å². The van der Waals surface area contributed by atoms with Gasteiger partial charge in [0, 0.05) is 19.6 Å². The third-order valence-electron chi connectivity index (χ3n) is 2.77. The molecule has 0 amide bonds. The fraction of sp³-hybridized carbons (Fsp3) is 1.00. The van der Waals surface area contributed by atoms with E-state index in [1.165, 1.54) is 0 Å². The zero-order valence-corrected chi connectivity index (χ0v) is 9.43. The van der Waals surface area contributed by atoms with Crippen molar-refractivity contribution in [1.29, 1.82) is 0 Å². The van der Waals surface area contributed by atoms with Crippen molar-refractivity contribution in [3.8, 4) is 0 Å². The van der Waals surface area contributed by atoms with Crippen molar-refractivity contribution in [2.75, 3.05) is 19.6 Å². The van der Waals surface area contributed by atoms with E-state index in [1.54, 1.807) is 0 Å². The lowest BCUT2D eigenvalue weighted by Gasteiger charge is -2.27. The molecule has 1 N–H and O–H groups in total. The lowest BCUT2D eigenvalue weighted by atomic mass is 9.96. The minimum atomic E-state index is -0.398. The Hall–Kier alpha value is -0.0800. The maximum absolute atomic E-state index is 10.0. The largest absolute Gasteiger partial charge is 0.389 e. The molecular formula is C11H23NO. The molecular weight excluding hydrogens is 162 g/mol. The molecule has 1 saturated heterocycles. The van der Waals surface area contributed by atoms with Crippen molar-refractivity contribution in [1.82, 2.24) is 4.90 Å². The van der Waals surface area contributed by atoms with E-state index in [0.29, 0.717) is 5.41 Å². The number of likely N-dealkylation sites (tertiary alicyclic amines) is 1. The first-order valence-electron chi connectivity index (χ1n) is 5.29. The van der Waals surface area contributed by atoms with Crippen LogP contribution in [0, 0.1) is 5.41 Å². The van der Waals surface area contributed by atoms with Gasteiger partial charge < -0.3 is 5.11 Å². The van der Waals surface area contributed by atoms with Crippen LogP contribution in [0.2, 0.25) is 0 Å². The monoisotopic (exact) mass is 185 g/mol. The van der Waals surface area contributed by atoms with Crippen molar-refractivity contribution in [3.05, 3.63) is 0 Å². The van der Waals surface area contributed by atoms with Gasteiger partial charge in [-0.1, -0.05) is 27.7 Å². The van der Waals surface area contributed by atoms with Crippen LogP contribution >= 0.6 is 0 Å². The minimum Gasteiger partial charge on any atom is -0.389 e. The average Bonchev–Trinajstić information content (AvgIpc) is 2.30. The van der Waals surface area contributed by atoms with Crippen LogP contribution in [0.25, 0.3) is 0 Å². The van der Waals surface area contributed by atoms with Gasteiger partial charge in [-0.15, -0.1) is 0 Å². The molecule has 1 aliphatic rings. The first kappa shape index (κ1) is 11.0. The van der Waals surface area contributed by atoms with Crippen LogP contribution < -0.4 is 0 Å². The van der Waals surface area contributed by atoms with E-state index in [4.69, 9.17) is 0 Å². The van der Waals surface area contributed by atoms with Gasteiger partial charge in [-0.05, 0) is 18.3 Å². The Morgan fingerprint density at radius 1 is 1.38 bits per heavy atom. The van der Waals surface area contributed by atoms with E-state index in [0.717, 1.165) is 32.5 Å². The first-order chi connectivity index (χ1) is 5.85. The lowest BCUT2D eigenvalue weighted by Crippen LogP contribution is -2.36. The predicted octanol–water partition coefficient (Wildman–Crippen LogP) is 1.88. The molecule has 0 aromatic heterocycles. The Kier molecular flexibility index (Phi) is 3.03. The summed E-state index contributed by atoms with van der Waals surface area (Å²) in [5.41, 5.74) is -0.0513. The van der Waals surface area contributed by atoms with E-state index in [-0.39, 0.29) is 0 Å². The molecule has 2 heteroatoms. The van der Waals surface area contributed by atoms with Crippen LogP contribution in [0.15, 0.2) is 0 Å².